The van der Waals surface area contributed by atoms with Crippen LogP contribution in [0.15, 0.2) is 53.9 Å². The highest BCUT2D eigenvalue weighted by Gasteiger charge is 2.11. The quantitative estimate of drug-likeness (QED) is 0.428. The van der Waals surface area contributed by atoms with Gasteiger partial charge in [-0.1, -0.05) is 43.7 Å². The van der Waals surface area contributed by atoms with Crippen LogP contribution in [0.4, 0.5) is 10.8 Å². The Morgan fingerprint density at radius 2 is 1.87 bits per heavy atom. The zero-order chi connectivity index (χ0) is 21.3. The van der Waals surface area contributed by atoms with E-state index in [2.05, 4.69) is 40.7 Å². The highest BCUT2D eigenvalue weighted by Crippen LogP contribution is 2.20. The molecule has 156 valence electrons. The Kier molecular flexibility index (Phi) is 7.57. The number of aromatic nitrogens is 1. The lowest BCUT2D eigenvalue weighted by Crippen LogP contribution is -2.12. The van der Waals surface area contributed by atoms with Gasteiger partial charge in [0.25, 0.3) is 5.91 Å². The maximum Gasteiger partial charge on any atom is 0.309 e. The van der Waals surface area contributed by atoms with Gasteiger partial charge < -0.3 is 10.4 Å². The molecule has 0 saturated heterocycles. The van der Waals surface area contributed by atoms with Crippen molar-refractivity contribution >= 4 is 34.0 Å². The van der Waals surface area contributed by atoms with Crippen molar-refractivity contribution in [1.82, 2.24) is 4.98 Å². The second-order valence-corrected chi connectivity index (χ2v) is 7.84. The van der Waals surface area contributed by atoms with E-state index in [9.17, 15) is 9.59 Å². The van der Waals surface area contributed by atoms with Crippen LogP contribution < -0.4 is 10.6 Å². The first-order chi connectivity index (χ1) is 14.5. The number of rotatable bonds is 10. The number of anilines is 2. The number of carbonyl (C=O) groups is 2. The fraction of sp³-hybridized carbons (Fsp3) is 0.261. The standard InChI is InChI=1S/C23H25N3O3S/c1-2-3-6-17-7-4-5-8-20(17)24-14-16-9-11-18(12-10-16)22(29)26-23-25-19(15-30-23)13-21(27)28/h4-5,7-12,15,24H,2-3,6,13-14H2,1H3,(H,27,28)(H,25,26,29). The summed E-state index contributed by atoms with van der Waals surface area (Å²) < 4.78 is 0. The molecule has 0 aliphatic rings. The molecule has 7 heteroatoms. The Labute approximate surface area is 180 Å². The highest BCUT2D eigenvalue weighted by atomic mass is 32.1. The number of hydrogen-bond acceptors (Lipinski definition) is 5. The SMILES string of the molecule is CCCCc1ccccc1NCc1ccc(C(=O)Nc2nc(CC(=O)O)cs2)cc1. The summed E-state index contributed by atoms with van der Waals surface area (Å²) in [5.74, 6) is -1.22. The van der Waals surface area contributed by atoms with Crippen molar-refractivity contribution in [3.63, 3.8) is 0 Å². The molecular weight excluding hydrogens is 398 g/mol. The van der Waals surface area contributed by atoms with Crippen LogP contribution in [-0.2, 0) is 24.2 Å². The van der Waals surface area contributed by atoms with Crippen molar-refractivity contribution in [1.29, 1.82) is 0 Å². The van der Waals surface area contributed by atoms with Gasteiger partial charge in [0.15, 0.2) is 5.13 Å². The van der Waals surface area contributed by atoms with Gasteiger partial charge in [0.2, 0.25) is 0 Å². The van der Waals surface area contributed by atoms with Crippen LogP contribution in [0.2, 0.25) is 0 Å². The molecule has 1 amide bonds. The fourth-order valence-electron chi connectivity index (χ4n) is 3.02. The average molecular weight is 424 g/mol. The van der Waals surface area contributed by atoms with Crippen LogP contribution in [0.5, 0.6) is 0 Å². The second kappa shape index (κ2) is 10.5. The van der Waals surface area contributed by atoms with Gasteiger partial charge in [-0.05, 0) is 42.2 Å². The number of amides is 1. The Morgan fingerprint density at radius 1 is 1.10 bits per heavy atom. The first-order valence-corrected chi connectivity index (χ1v) is 10.8. The van der Waals surface area contributed by atoms with Crippen molar-refractivity contribution in [2.75, 3.05) is 10.6 Å². The first kappa shape index (κ1) is 21.5. The minimum absolute atomic E-state index is 0.157. The van der Waals surface area contributed by atoms with Crippen LogP contribution in [0.25, 0.3) is 0 Å². The van der Waals surface area contributed by atoms with Crippen molar-refractivity contribution in [2.24, 2.45) is 0 Å². The molecule has 6 nitrogen and oxygen atoms in total. The summed E-state index contributed by atoms with van der Waals surface area (Å²) in [5.41, 5.74) is 4.50. The minimum Gasteiger partial charge on any atom is -0.481 e. The molecule has 1 heterocycles. The minimum atomic E-state index is -0.949. The lowest BCUT2D eigenvalue weighted by molar-refractivity contribution is -0.136. The Hall–Kier alpha value is -3.19. The van der Waals surface area contributed by atoms with E-state index in [1.165, 1.54) is 29.7 Å². The summed E-state index contributed by atoms with van der Waals surface area (Å²) in [7, 11) is 0. The summed E-state index contributed by atoms with van der Waals surface area (Å²) in [5, 5.41) is 17.0. The molecule has 0 bridgehead atoms. The smallest absolute Gasteiger partial charge is 0.309 e. The summed E-state index contributed by atoms with van der Waals surface area (Å²) >= 11 is 1.21. The Bertz CT molecular complexity index is 999. The molecule has 0 fully saturated rings. The number of unbranched alkanes of at least 4 members (excludes halogenated alkanes) is 1. The van der Waals surface area contributed by atoms with Gasteiger partial charge in [-0.3, -0.25) is 14.9 Å². The van der Waals surface area contributed by atoms with Gasteiger partial charge in [-0.2, -0.15) is 0 Å². The lowest BCUT2D eigenvalue weighted by atomic mass is 10.1. The fourth-order valence-corrected chi connectivity index (χ4v) is 3.72. The van der Waals surface area contributed by atoms with Crippen LogP contribution >= 0.6 is 11.3 Å². The first-order valence-electron chi connectivity index (χ1n) is 9.93. The molecule has 0 aliphatic heterocycles. The van der Waals surface area contributed by atoms with Crippen LogP contribution in [-0.4, -0.2) is 22.0 Å². The number of carboxylic acid groups (broad SMARTS) is 1. The number of carboxylic acids is 1. The molecule has 3 rings (SSSR count). The van der Waals surface area contributed by atoms with Crippen molar-refractivity contribution in [3.05, 3.63) is 76.3 Å². The normalized spacial score (nSPS) is 10.6. The van der Waals surface area contributed by atoms with Gasteiger partial charge in [-0.15, -0.1) is 11.3 Å². The molecule has 0 saturated carbocycles. The molecule has 3 aromatic rings. The Morgan fingerprint density at radius 3 is 2.60 bits per heavy atom. The second-order valence-electron chi connectivity index (χ2n) is 6.98. The van der Waals surface area contributed by atoms with Gasteiger partial charge in [0.05, 0.1) is 12.1 Å². The van der Waals surface area contributed by atoms with Crippen LogP contribution in [0.1, 0.15) is 46.9 Å². The number of carbonyl (C=O) groups excluding carboxylic acids is 1. The van der Waals surface area contributed by atoms with E-state index in [0.29, 0.717) is 22.9 Å². The number of nitrogens with one attached hydrogen (secondary N) is 2. The van der Waals surface area contributed by atoms with Gasteiger partial charge >= 0.3 is 5.97 Å². The highest BCUT2D eigenvalue weighted by molar-refractivity contribution is 7.14. The molecule has 2 aromatic carbocycles. The van der Waals surface area contributed by atoms with E-state index in [1.807, 2.05) is 18.2 Å². The third kappa shape index (κ3) is 6.15. The molecule has 0 radical (unpaired) electrons. The zero-order valence-electron chi connectivity index (χ0n) is 16.9. The predicted molar refractivity (Wildman–Crippen MR) is 120 cm³/mol. The average Bonchev–Trinajstić information content (AvgIpc) is 3.17. The summed E-state index contributed by atoms with van der Waals surface area (Å²) in [6.45, 7) is 2.87. The lowest BCUT2D eigenvalue weighted by Gasteiger charge is -2.12. The van der Waals surface area contributed by atoms with E-state index in [-0.39, 0.29) is 12.3 Å². The van der Waals surface area contributed by atoms with Gasteiger partial charge in [-0.25, -0.2) is 4.98 Å². The summed E-state index contributed by atoms with van der Waals surface area (Å²) in [4.78, 5) is 27.3. The monoisotopic (exact) mass is 423 g/mol. The molecule has 1 aromatic heterocycles. The van der Waals surface area contributed by atoms with E-state index in [0.717, 1.165) is 17.7 Å². The zero-order valence-corrected chi connectivity index (χ0v) is 17.7. The Balaban J connectivity index is 1.56. The van der Waals surface area contributed by atoms with E-state index >= 15 is 0 Å². The number of aliphatic carboxylic acids is 1. The molecule has 0 atom stereocenters. The van der Waals surface area contributed by atoms with Crippen molar-refractivity contribution in [2.45, 2.75) is 39.2 Å². The van der Waals surface area contributed by atoms with Gasteiger partial charge in [0, 0.05) is 23.2 Å². The van der Waals surface area contributed by atoms with Crippen molar-refractivity contribution < 1.29 is 14.7 Å². The van der Waals surface area contributed by atoms with E-state index < -0.39 is 5.97 Å². The number of hydrogen-bond donors (Lipinski definition) is 3. The molecule has 3 N–H and O–H groups in total. The maximum atomic E-state index is 12.4. The van der Waals surface area contributed by atoms with Crippen LogP contribution in [0.3, 0.4) is 0 Å². The summed E-state index contributed by atoms with van der Waals surface area (Å²) in [6.07, 6.45) is 3.23. The number of aryl methyl sites for hydroxylation is 1. The molecule has 0 spiro atoms. The topological polar surface area (TPSA) is 91.3 Å². The third-order valence-corrected chi connectivity index (χ3v) is 5.43. The van der Waals surface area contributed by atoms with E-state index in [4.69, 9.17) is 5.11 Å². The predicted octanol–water partition coefficient (Wildman–Crippen LogP) is 4.98. The number of benzene rings is 2. The molecule has 0 aliphatic carbocycles. The maximum absolute atomic E-state index is 12.4. The number of nitrogens with zero attached hydrogens (tertiary/aromatic N) is 1. The number of thiazole rings is 1. The summed E-state index contributed by atoms with van der Waals surface area (Å²) in [6, 6.07) is 15.8. The number of para-hydroxylation sites is 1. The van der Waals surface area contributed by atoms with Crippen LogP contribution in [0, 0.1) is 0 Å². The van der Waals surface area contributed by atoms with Gasteiger partial charge in [0.1, 0.15) is 0 Å². The largest absolute Gasteiger partial charge is 0.481 e. The van der Waals surface area contributed by atoms with Crippen molar-refractivity contribution in [3.8, 4) is 0 Å². The molecular formula is C23H25N3O3S. The molecule has 0 unspecified atom stereocenters. The van der Waals surface area contributed by atoms with E-state index in [1.54, 1.807) is 17.5 Å². The third-order valence-electron chi connectivity index (χ3n) is 4.62. The molecule has 30 heavy (non-hydrogen) atoms.